The normalized spacial score (nSPS) is 11.7. The zero-order chi connectivity index (χ0) is 25.9. The van der Waals surface area contributed by atoms with Crippen LogP contribution in [0.15, 0.2) is 138 Å². The van der Waals surface area contributed by atoms with Crippen LogP contribution in [-0.4, -0.2) is 4.57 Å². The van der Waals surface area contributed by atoms with E-state index in [1.807, 2.05) is 0 Å². The summed E-state index contributed by atoms with van der Waals surface area (Å²) in [6, 6.07) is 47.7. The SMILES string of the molecule is Cc1cccc2oc3ccc(-n4c5ccccc5c5cc(-c6ccc(-c7ccccc7)cc6)ccc54)cc3c12. The van der Waals surface area contributed by atoms with E-state index >= 15 is 0 Å². The minimum Gasteiger partial charge on any atom is -0.456 e. The zero-order valence-electron chi connectivity index (χ0n) is 21.6. The first-order valence-electron chi connectivity index (χ1n) is 13.4. The summed E-state index contributed by atoms with van der Waals surface area (Å²) in [6.45, 7) is 2.15. The Morgan fingerprint density at radius 1 is 0.462 bits per heavy atom. The molecule has 0 radical (unpaired) electrons. The molecule has 0 N–H and O–H groups in total. The van der Waals surface area contributed by atoms with Gasteiger partial charge in [-0.15, -0.1) is 0 Å². The molecule has 0 fully saturated rings. The summed E-state index contributed by atoms with van der Waals surface area (Å²) in [5, 5.41) is 4.85. The van der Waals surface area contributed by atoms with Gasteiger partial charge in [0.25, 0.3) is 0 Å². The van der Waals surface area contributed by atoms with Gasteiger partial charge in [-0.1, -0.05) is 91.0 Å². The molecule has 2 heterocycles. The van der Waals surface area contributed by atoms with Crippen LogP contribution in [0.5, 0.6) is 0 Å². The molecule has 39 heavy (non-hydrogen) atoms. The maximum Gasteiger partial charge on any atom is 0.135 e. The Kier molecular flexibility index (Phi) is 4.77. The van der Waals surface area contributed by atoms with Gasteiger partial charge in [0.15, 0.2) is 0 Å². The number of aromatic nitrogens is 1. The fourth-order valence-corrected chi connectivity index (χ4v) is 6.05. The van der Waals surface area contributed by atoms with Crippen molar-refractivity contribution in [1.29, 1.82) is 0 Å². The van der Waals surface area contributed by atoms with E-state index in [0.717, 1.165) is 22.2 Å². The molecular formula is C37H25NO. The molecule has 0 saturated heterocycles. The topological polar surface area (TPSA) is 18.1 Å². The van der Waals surface area contributed by atoms with Crippen LogP contribution in [0.2, 0.25) is 0 Å². The Morgan fingerprint density at radius 2 is 1.15 bits per heavy atom. The molecule has 0 bridgehead atoms. The number of hydrogen-bond acceptors (Lipinski definition) is 1. The van der Waals surface area contributed by atoms with Crippen molar-refractivity contribution in [3.8, 4) is 27.9 Å². The van der Waals surface area contributed by atoms with E-state index in [1.54, 1.807) is 0 Å². The minimum atomic E-state index is 0.921. The lowest BCUT2D eigenvalue weighted by Crippen LogP contribution is -1.93. The third-order valence-electron chi connectivity index (χ3n) is 7.94. The zero-order valence-corrected chi connectivity index (χ0v) is 21.6. The molecule has 0 aliphatic rings. The van der Waals surface area contributed by atoms with E-state index in [1.165, 1.54) is 55.0 Å². The lowest BCUT2D eigenvalue weighted by atomic mass is 9.99. The van der Waals surface area contributed by atoms with Crippen LogP contribution in [0.4, 0.5) is 0 Å². The Balaban J connectivity index is 1.30. The average Bonchev–Trinajstić information content (AvgIpc) is 3.53. The predicted molar refractivity (Wildman–Crippen MR) is 164 cm³/mol. The van der Waals surface area contributed by atoms with Crippen LogP contribution < -0.4 is 0 Å². The summed E-state index contributed by atoms with van der Waals surface area (Å²) < 4.78 is 8.55. The van der Waals surface area contributed by atoms with E-state index in [0.29, 0.717) is 0 Å². The van der Waals surface area contributed by atoms with Crippen LogP contribution in [-0.2, 0) is 0 Å². The predicted octanol–water partition coefficient (Wildman–Crippen LogP) is 10.3. The third kappa shape index (κ3) is 3.42. The molecule has 0 atom stereocenters. The van der Waals surface area contributed by atoms with Crippen molar-refractivity contribution in [2.24, 2.45) is 0 Å². The summed E-state index contributed by atoms with van der Waals surface area (Å²) in [4.78, 5) is 0. The van der Waals surface area contributed by atoms with E-state index in [-0.39, 0.29) is 0 Å². The number of furan rings is 1. The molecule has 0 aliphatic carbocycles. The summed E-state index contributed by atoms with van der Waals surface area (Å²) in [7, 11) is 0. The van der Waals surface area contributed by atoms with Crippen LogP contribution >= 0.6 is 0 Å². The van der Waals surface area contributed by atoms with Gasteiger partial charge in [-0.3, -0.25) is 0 Å². The molecule has 6 aromatic carbocycles. The molecular weight excluding hydrogens is 474 g/mol. The van der Waals surface area contributed by atoms with Gasteiger partial charge in [0.2, 0.25) is 0 Å². The number of para-hydroxylation sites is 1. The first-order valence-corrected chi connectivity index (χ1v) is 13.4. The Bertz CT molecular complexity index is 2160. The quantitative estimate of drug-likeness (QED) is 0.236. The van der Waals surface area contributed by atoms with Crippen molar-refractivity contribution in [1.82, 2.24) is 4.57 Å². The number of rotatable bonds is 3. The summed E-state index contributed by atoms with van der Waals surface area (Å²) in [5.74, 6) is 0. The molecule has 8 rings (SSSR count). The van der Waals surface area contributed by atoms with Gasteiger partial charge in [0.1, 0.15) is 11.2 Å². The monoisotopic (exact) mass is 499 g/mol. The Morgan fingerprint density at radius 3 is 2.00 bits per heavy atom. The van der Waals surface area contributed by atoms with E-state index < -0.39 is 0 Å². The highest BCUT2D eigenvalue weighted by Gasteiger charge is 2.15. The molecule has 2 aromatic heterocycles. The average molecular weight is 500 g/mol. The smallest absolute Gasteiger partial charge is 0.135 e. The largest absolute Gasteiger partial charge is 0.456 e. The molecule has 8 aromatic rings. The summed E-state index contributed by atoms with van der Waals surface area (Å²) >= 11 is 0. The van der Waals surface area contributed by atoms with Crippen molar-refractivity contribution in [3.63, 3.8) is 0 Å². The summed E-state index contributed by atoms with van der Waals surface area (Å²) in [5.41, 5.74) is 11.5. The molecule has 2 heteroatoms. The van der Waals surface area contributed by atoms with Gasteiger partial charge in [-0.2, -0.15) is 0 Å². The molecule has 0 aliphatic heterocycles. The lowest BCUT2D eigenvalue weighted by molar-refractivity contribution is 0.668. The van der Waals surface area contributed by atoms with Crippen LogP contribution in [0.3, 0.4) is 0 Å². The second-order valence-electron chi connectivity index (χ2n) is 10.3. The van der Waals surface area contributed by atoms with Crippen molar-refractivity contribution in [2.45, 2.75) is 6.92 Å². The molecule has 0 unspecified atom stereocenters. The van der Waals surface area contributed by atoms with Gasteiger partial charge < -0.3 is 8.98 Å². The van der Waals surface area contributed by atoms with E-state index in [2.05, 4.69) is 145 Å². The maximum atomic E-state index is 6.17. The van der Waals surface area contributed by atoms with Gasteiger partial charge in [-0.25, -0.2) is 0 Å². The lowest BCUT2D eigenvalue weighted by Gasteiger charge is -2.09. The Labute approximate surface area is 226 Å². The Hall–Kier alpha value is -5.08. The highest BCUT2D eigenvalue weighted by atomic mass is 16.3. The molecule has 0 amide bonds. The maximum absolute atomic E-state index is 6.17. The highest BCUT2D eigenvalue weighted by molar-refractivity contribution is 6.12. The third-order valence-corrected chi connectivity index (χ3v) is 7.94. The second kappa shape index (κ2) is 8.47. The molecule has 2 nitrogen and oxygen atoms in total. The molecule has 184 valence electrons. The van der Waals surface area contributed by atoms with Crippen LogP contribution in [0, 0.1) is 6.92 Å². The first-order chi connectivity index (χ1) is 19.2. The van der Waals surface area contributed by atoms with Gasteiger partial charge in [0.05, 0.1) is 11.0 Å². The van der Waals surface area contributed by atoms with Crippen LogP contribution in [0.25, 0.3) is 71.7 Å². The van der Waals surface area contributed by atoms with Crippen molar-refractivity contribution < 1.29 is 4.42 Å². The highest BCUT2D eigenvalue weighted by Crippen LogP contribution is 2.38. The van der Waals surface area contributed by atoms with Crippen LogP contribution in [0.1, 0.15) is 5.56 Å². The van der Waals surface area contributed by atoms with Crippen molar-refractivity contribution >= 4 is 43.7 Å². The minimum absolute atomic E-state index is 0.921. The number of aryl methyl sites for hydroxylation is 1. The van der Waals surface area contributed by atoms with Crippen molar-refractivity contribution in [2.75, 3.05) is 0 Å². The number of benzene rings is 6. The van der Waals surface area contributed by atoms with Gasteiger partial charge >= 0.3 is 0 Å². The molecule has 0 saturated carbocycles. The second-order valence-corrected chi connectivity index (χ2v) is 10.3. The number of hydrogen-bond donors (Lipinski definition) is 0. The number of nitrogens with zero attached hydrogens (tertiary/aromatic N) is 1. The number of fused-ring (bicyclic) bond motifs is 6. The van der Waals surface area contributed by atoms with E-state index in [9.17, 15) is 0 Å². The van der Waals surface area contributed by atoms with Crippen molar-refractivity contribution in [3.05, 3.63) is 139 Å². The summed E-state index contributed by atoms with van der Waals surface area (Å²) in [6.07, 6.45) is 0. The van der Waals surface area contributed by atoms with Gasteiger partial charge in [0, 0.05) is 27.2 Å². The van der Waals surface area contributed by atoms with E-state index in [4.69, 9.17) is 4.42 Å². The standard InChI is InChI=1S/C37H25NO/c1-24-8-7-13-36-37(24)32-23-29(19-21-35(32)39-36)38-33-12-6-5-11-30(33)31-22-28(18-20-34(31)38)27-16-14-26(15-17-27)25-9-3-2-4-10-25/h2-23H,1H3. The molecule has 0 spiro atoms. The van der Waals surface area contributed by atoms with Gasteiger partial charge in [-0.05, 0) is 77.2 Å². The fraction of sp³-hybridized carbons (Fsp3) is 0.0270. The fourth-order valence-electron chi connectivity index (χ4n) is 6.05. The first kappa shape index (κ1) is 22.0.